The smallest absolute Gasteiger partial charge is 0.0893 e. The van der Waals surface area contributed by atoms with Gasteiger partial charge < -0.3 is 5.32 Å². The van der Waals surface area contributed by atoms with Gasteiger partial charge in [0.25, 0.3) is 0 Å². The van der Waals surface area contributed by atoms with Gasteiger partial charge in [-0.1, -0.05) is 31.2 Å². The van der Waals surface area contributed by atoms with Crippen molar-refractivity contribution in [2.45, 2.75) is 46.2 Å². The minimum atomic E-state index is 0.562. The minimum absolute atomic E-state index is 0.562. The van der Waals surface area contributed by atoms with E-state index in [4.69, 9.17) is 0 Å². The Morgan fingerprint density at radius 2 is 2.14 bits per heavy atom. The zero-order valence-electron chi connectivity index (χ0n) is 9.16. The molecule has 0 aromatic carbocycles. The van der Waals surface area contributed by atoms with E-state index < -0.39 is 0 Å². The van der Waals surface area contributed by atoms with E-state index in [1.54, 1.807) is 0 Å². The third-order valence-corrected chi connectivity index (χ3v) is 3.32. The lowest BCUT2D eigenvalue weighted by atomic mass is 9.95. The Bertz CT molecular complexity index is 232. The molecule has 1 aromatic heterocycles. The zero-order chi connectivity index (χ0) is 10.4. The van der Waals surface area contributed by atoms with Crippen molar-refractivity contribution in [1.82, 2.24) is 14.9 Å². The van der Waals surface area contributed by atoms with Gasteiger partial charge in [0.05, 0.1) is 5.69 Å². The molecule has 0 aliphatic rings. The van der Waals surface area contributed by atoms with Crippen molar-refractivity contribution in [2.75, 3.05) is 0 Å². The second-order valence-corrected chi connectivity index (χ2v) is 4.25. The van der Waals surface area contributed by atoms with Crippen molar-refractivity contribution in [3.05, 3.63) is 11.1 Å². The molecule has 0 radical (unpaired) electrons. The Morgan fingerprint density at radius 3 is 2.64 bits per heavy atom. The molecular formula is C10H19N3S. The number of nitrogens with one attached hydrogen (secondary N) is 1. The van der Waals surface area contributed by atoms with Crippen LogP contribution < -0.4 is 5.32 Å². The molecule has 80 valence electrons. The summed E-state index contributed by atoms with van der Waals surface area (Å²) in [6.07, 6.45) is 2.47. The first kappa shape index (κ1) is 11.6. The Kier molecular flexibility index (Phi) is 5.04. The molecule has 1 unspecified atom stereocenters. The van der Waals surface area contributed by atoms with Crippen LogP contribution in [0.15, 0.2) is 5.38 Å². The van der Waals surface area contributed by atoms with Crippen LogP contribution in [0.3, 0.4) is 0 Å². The van der Waals surface area contributed by atoms with Gasteiger partial charge in [-0.15, -0.1) is 5.10 Å². The lowest BCUT2D eigenvalue weighted by Gasteiger charge is -2.21. The van der Waals surface area contributed by atoms with E-state index in [-0.39, 0.29) is 0 Å². The molecule has 1 rings (SSSR count). The van der Waals surface area contributed by atoms with Crippen LogP contribution in [0, 0.1) is 5.92 Å². The van der Waals surface area contributed by atoms with E-state index in [1.807, 2.05) is 5.38 Å². The summed E-state index contributed by atoms with van der Waals surface area (Å²) in [6, 6.07) is 0.562. The van der Waals surface area contributed by atoms with Gasteiger partial charge in [-0.05, 0) is 24.4 Å². The van der Waals surface area contributed by atoms with Crippen LogP contribution in [0.2, 0.25) is 0 Å². The van der Waals surface area contributed by atoms with Gasteiger partial charge in [-0.3, -0.25) is 0 Å². The van der Waals surface area contributed by atoms with Crippen LogP contribution in [-0.4, -0.2) is 15.6 Å². The van der Waals surface area contributed by atoms with E-state index in [0.717, 1.165) is 18.2 Å². The van der Waals surface area contributed by atoms with Gasteiger partial charge in [0, 0.05) is 18.0 Å². The molecule has 1 aromatic rings. The first-order valence-corrected chi connectivity index (χ1v) is 6.10. The summed E-state index contributed by atoms with van der Waals surface area (Å²) in [6.45, 7) is 7.58. The molecule has 0 bridgehead atoms. The summed E-state index contributed by atoms with van der Waals surface area (Å²) in [5.41, 5.74) is 1.05. The maximum Gasteiger partial charge on any atom is 0.0893 e. The van der Waals surface area contributed by atoms with E-state index in [1.165, 1.54) is 24.4 Å². The SMILES string of the molecule is CCC(CC)C(C)NCc1csnn1. The number of hydrogen-bond donors (Lipinski definition) is 1. The summed E-state index contributed by atoms with van der Waals surface area (Å²) < 4.78 is 3.84. The molecule has 0 saturated heterocycles. The third kappa shape index (κ3) is 3.35. The predicted molar refractivity (Wildman–Crippen MR) is 60.3 cm³/mol. The highest BCUT2D eigenvalue weighted by Crippen LogP contribution is 2.12. The fourth-order valence-corrected chi connectivity index (χ4v) is 2.14. The monoisotopic (exact) mass is 213 g/mol. The average molecular weight is 213 g/mol. The Labute approximate surface area is 90.1 Å². The van der Waals surface area contributed by atoms with Crippen LogP contribution in [0.25, 0.3) is 0 Å². The lowest BCUT2D eigenvalue weighted by molar-refractivity contribution is 0.352. The largest absolute Gasteiger partial charge is 0.308 e. The minimum Gasteiger partial charge on any atom is -0.308 e. The standard InChI is InChI=1S/C10H19N3S/c1-4-9(5-2)8(3)11-6-10-7-14-13-12-10/h7-9,11H,4-6H2,1-3H3. The number of aromatic nitrogens is 2. The maximum atomic E-state index is 4.01. The van der Waals surface area contributed by atoms with Crippen molar-refractivity contribution in [1.29, 1.82) is 0 Å². The van der Waals surface area contributed by atoms with Gasteiger partial charge in [0.2, 0.25) is 0 Å². The predicted octanol–water partition coefficient (Wildman–Crippen LogP) is 2.45. The van der Waals surface area contributed by atoms with Gasteiger partial charge in [-0.2, -0.15) is 0 Å². The van der Waals surface area contributed by atoms with Crippen LogP contribution in [0.1, 0.15) is 39.3 Å². The Balaban J connectivity index is 2.30. The van der Waals surface area contributed by atoms with Crippen molar-refractivity contribution in [3.8, 4) is 0 Å². The number of hydrogen-bond acceptors (Lipinski definition) is 4. The molecule has 0 amide bonds. The van der Waals surface area contributed by atoms with Crippen LogP contribution in [0.5, 0.6) is 0 Å². The third-order valence-electron chi connectivity index (χ3n) is 2.77. The zero-order valence-corrected chi connectivity index (χ0v) is 9.97. The summed E-state index contributed by atoms with van der Waals surface area (Å²) in [5, 5.41) is 9.49. The summed E-state index contributed by atoms with van der Waals surface area (Å²) >= 11 is 1.41. The molecule has 0 saturated carbocycles. The molecular weight excluding hydrogens is 194 g/mol. The van der Waals surface area contributed by atoms with E-state index in [0.29, 0.717) is 6.04 Å². The van der Waals surface area contributed by atoms with Crippen molar-refractivity contribution in [2.24, 2.45) is 5.92 Å². The molecule has 0 aliphatic heterocycles. The summed E-state index contributed by atoms with van der Waals surface area (Å²) in [4.78, 5) is 0. The van der Waals surface area contributed by atoms with Gasteiger partial charge in [0.1, 0.15) is 0 Å². The first-order chi connectivity index (χ1) is 6.77. The molecule has 0 spiro atoms. The fourth-order valence-electron chi connectivity index (χ4n) is 1.69. The molecule has 3 nitrogen and oxygen atoms in total. The summed E-state index contributed by atoms with van der Waals surface area (Å²) in [7, 11) is 0. The van der Waals surface area contributed by atoms with Gasteiger partial charge in [-0.25, -0.2) is 0 Å². The maximum absolute atomic E-state index is 4.01. The first-order valence-electron chi connectivity index (χ1n) is 5.27. The molecule has 0 aliphatic carbocycles. The molecule has 1 heterocycles. The van der Waals surface area contributed by atoms with Crippen LogP contribution >= 0.6 is 11.5 Å². The van der Waals surface area contributed by atoms with Crippen molar-refractivity contribution >= 4 is 11.5 Å². The average Bonchev–Trinajstić information content (AvgIpc) is 2.69. The Hall–Kier alpha value is -0.480. The molecule has 1 atom stereocenters. The molecule has 14 heavy (non-hydrogen) atoms. The second-order valence-electron chi connectivity index (χ2n) is 3.64. The van der Waals surface area contributed by atoms with E-state index in [2.05, 4.69) is 35.7 Å². The molecule has 0 fully saturated rings. The topological polar surface area (TPSA) is 37.8 Å². The van der Waals surface area contributed by atoms with Gasteiger partial charge >= 0.3 is 0 Å². The molecule has 4 heteroatoms. The van der Waals surface area contributed by atoms with Crippen LogP contribution in [0.4, 0.5) is 0 Å². The normalized spacial score (nSPS) is 13.4. The number of rotatable bonds is 6. The molecule has 1 N–H and O–H groups in total. The summed E-state index contributed by atoms with van der Waals surface area (Å²) in [5.74, 6) is 0.765. The quantitative estimate of drug-likeness (QED) is 0.788. The van der Waals surface area contributed by atoms with Crippen molar-refractivity contribution < 1.29 is 0 Å². The number of nitrogens with zero attached hydrogens (tertiary/aromatic N) is 2. The van der Waals surface area contributed by atoms with Gasteiger partial charge in [0.15, 0.2) is 0 Å². The van der Waals surface area contributed by atoms with E-state index >= 15 is 0 Å². The Morgan fingerprint density at radius 1 is 1.43 bits per heavy atom. The van der Waals surface area contributed by atoms with E-state index in [9.17, 15) is 0 Å². The highest BCUT2D eigenvalue weighted by molar-refractivity contribution is 7.03. The second kappa shape index (κ2) is 6.09. The highest BCUT2D eigenvalue weighted by Gasteiger charge is 2.12. The van der Waals surface area contributed by atoms with Crippen LogP contribution in [-0.2, 0) is 6.54 Å². The van der Waals surface area contributed by atoms with Crippen molar-refractivity contribution in [3.63, 3.8) is 0 Å². The lowest BCUT2D eigenvalue weighted by Crippen LogP contribution is -2.32. The fraction of sp³-hybridized carbons (Fsp3) is 0.800. The highest BCUT2D eigenvalue weighted by atomic mass is 32.1.